The van der Waals surface area contributed by atoms with Crippen molar-refractivity contribution in [3.8, 4) is 0 Å². The molecule has 1 aliphatic rings. The number of rotatable bonds is 4. The minimum absolute atomic E-state index is 0.131. The van der Waals surface area contributed by atoms with Crippen LogP contribution in [0.4, 0.5) is 5.69 Å². The first-order valence-corrected chi connectivity index (χ1v) is 7.64. The predicted molar refractivity (Wildman–Crippen MR) is 80.4 cm³/mol. The smallest absolute Gasteiger partial charge is 0.305 e. The van der Waals surface area contributed by atoms with E-state index in [-0.39, 0.29) is 29.2 Å². The zero-order valence-electron chi connectivity index (χ0n) is 11.8. The van der Waals surface area contributed by atoms with Crippen LogP contribution in [0.2, 0.25) is 0 Å². The summed E-state index contributed by atoms with van der Waals surface area (Å²) in [7, 11) is 0. The number of fused-ring (bicyclic) bond motifs is 1. The van der Waals surface area contributed by atoms with E-state index in [1.807, 2.05) is 0 Å². The highest BCUT2D eigenvalue weighted by Crippen LogP contribution is 2.28. The van der Waals surface area contributed by atoms with Crippen LogP contribution in [0.1, 0.15) is 29.6 Å². The van der Waals surface area contributed by atoms with Crippen LogP contribution < -0.4 is 0 Å². The Bertz CT molecular complexity index is 805. The van der Waals surface area contributed by atoms with Gasteiger partial charge in [-0.3, -0.25) is 19.7 Å². The van der Waals surface area contributed by atoms with E-state index in [1.165, 1.54) is 17.0 Å². The third kappa shape index (κ3) is 2.84. The lowest BCUT2D eigenvalue weighted by Gasteiger charge is -2.23. The highest BCUT2D eigenvalue weighted by molar-refractivity contribution is 7.00. The van der Waals surface area contributed by atoms with Crippen molar-refractivity contribution < 1.29 is 19.6 Å². The second-order valence-corrected chi connectivity index (χ2v) is 5.81. The molecule has 10 heteroatoms. The molecule has 0 aliphatic carbocycles. The van der Waals surface area contributed by atoms with E-state index in [0.29, 0.717) is 24.9 Å². The molecular formula is C13H12N4O5S. The summed E-state index contributed by atoms with van der Waals surface area (Å²) in [6, 6.07) is 2.26. The number of likely N-dealkylation sites (tertiary alicyclic amines) is 1. The van der Waals surface area contributed by atoms with Crippen molar-refractivity contribution in [3.05, 3.63) is 27.8 Å². The van der Waals surface area contributed by atoms with E-state index >= 15 is 0 Å². The standard InChI is InChI=1S/C13H12N4O5S/c18-11(19)6-8-2-1-3-16(8)13(20)7-4-9-12(15-23-14-9)10(5-7)17(21)22/h4-5,8H,1-3,6H2,(H,18,19). The molecule has 0 radical (unpaired) electrons. The highest BCUT2D eigenvalue weighted by Gasteiger charge is 2.32. The fourth-order valence-corrected chi connectivity index (χ4v) is 3.35. The van der Waals surface area contributed by atoms with Gasteiger partial charge in [0.25, 0.3) is 11.6 Å². The van der Waals surface area contributed by atoms with E-state index in [9.17, 15) is 19.7 Å². The Morgan fingerprint density at radius 2 is 2.22 bits per heavy atom. The number of non-ortho nitro benzene ring substituents is 1. The van der Waals surface area contributed by atoms with Gasteiger partial charge >= 0.3 is 5.97 Å². The van der Waals surface area contributed by atoms with Crippen LogP contribution in [0.3, 0.4) is 0 Å². The van der Waals surface area contributed by atoms with Crippen molar-refractivity contribution in [2.24, 2.45) is 0 Å². The van der Waals surface area contributed by atoms with E-state index in [2.05, 4.69) is 8.75 Å². The first-order chi connectivity index (χ1) is 11.0. The zero-order chi connectivity index (χ0) is 16.6. The first-order valence-electron chi connectivity index (χ1n) is 6.91. The molecular weight excluding hydrogens is 324 g/mol. The van der Waals surface area contributed by atoms with Crippen molar-refractivity contribution in [2.75, 3.05) is 6.54 Å². The summed E-state index contributed by atoms with van der Waals surface area (Å²) in [5, 5.41) is 20.1. The largest absolute Gasteiger partial charge is 0.481 e. The van der Waals surface area contributed by atoms with E-state index in [1.54, 1.807) is 0 Å². The van der Waals surface area contributed by atoms with Gasteiger partial charge in [-0.05, 0) is 18.9 Å². The lowest BCUT2D eigenvalue weighted by molar-refractivity contribution is -0.383. The third-order valence-electron chi connectivity index (χ3n) is 3.83. The Kier molecular flexibility index (Phi) is 3.90. The number of benzene rings is 1. The number of amides is 1. The summed E-state index contributed by atoms with van der Waals surface area (Å²) in [4.78, 5) is 35.6. The van der Waals surface area contributed by atoms with Gasteiger partial charge in [-0.1, -0.05) is 0 Å². The number of nitro benzene ring substituents is 1. The number of carbonyl (C=O) groups is 2. The van der Waals surface area contributed by atoms with Crippen molar-refractivity contribution in [1.29, 1.82) is 0 Å². The number of carboxylic acids is 1. The molecule has 0 spiro atoms. The van der Waals surface area contributed by atoms with Crippen LogP contribution in [0.5, 0.6) is 0 Å². The van der Waals surface area contributed by atoms with Crippen LogP contribution >= 0.6 is 11.7 Å². The van der Waals surface area contributed by atoms with Crippen molar-refractivity contribution >= 4 is 40.3 Å². The van der Waals surface area contributed by atoms with Crippen LogP contribution in [-0.2, 0) is 4.79 Å². The van der Waals surface area contributed by atoms with Crippen LogP contribution in [0, 0.1) is 10.1 Å². The topological polar surface area (TPSA) is 127 Å². The molecule has 1 unspecified atom stereocenters. The van der Waals surface area contributed by atoms with E-state index in [4.69, 9.17) is 5.11 Å². The maximum absolute atomic E-state index is 12.6. The Morgan fingerprint density at radius 3 is 2.91 bits per heavy atom. The third-order valence-corrected chi connectivity index (χ3v) is 4.38. The number of carboxylic acid groups (broad SMARTS) is 1. The lowest BCUT2D eigenvalue weighted by atomic mass is 10.1. The van der Waals surface area contributed by atoms with Gasteiger partial charge in [0.15, 0.2) is 5.52 Å². The van der Waals surface area contributed by atoms with Gasteiger partial charge in [0.1, 0.15) is 5.52 Å². The van der Waals surface area contributed by atoms with E-state index in [0.717, 1.165) is 11.7 Å². The first kappa shape index (κ1) is 15.3. The summed E-state index contributed by atoms with van der Waals surface area (Å²) in [5.41, 5.74) is 0.310. The van der Waals surface area contributed by atoms with Crippen LogP contribution in [0.15, 0.2) is 12.1 Å². The van der Waals surface area contributed by atoms with Crippen LogP contribution in [0.25, 0.3) is 11.0 Å². The average Bonchev–Trinajstić information content (AvgIpc) is 3.13. The Labute approximate surface area is 134 Å². The molecule has 1 atom stereocenters. The Hall–Kier alpha value is -2.62. The molecule has 1 fully saturated rings. The molecule has 1 aromatic heterocycles. The van der Waals surface area contributed by atoms with Gasteiger partial charge < -0.3 is 10.0 Å². The molecule has 2 aromatic rings. The fourth-order valence-electron chi connectivity index (χ4n) is 2.82. The summed E-state index contributed by atoms with van der Waals surface area (Å²) in [5.74, 6) is -1.38. The second kappa shape index (κ2) is 5.88. The maximum atomic E-state index is 12.6. The molecule has 1 aliphatic heterocycles. The molecule has 1 N–H and O–H groups in total. The molecule has 1 amide bonds. The van der Waals surface area contributed by atoms with Gasteiger partial charge in [-0.25, -0.2) is 0 Å². The van der Waals surface area contributed by atoms with Gasteiger partial charge in [0.2, 0.25) is 0 Å². The molecule has 2 heterocycles. The van der Waals surface area contributed by atoms with Gasteiger partial charge in [-0.15, -0.1) is 0 Å². The van der Waals surface area contributed by atoms with Crippen molar-refractivity contribution in [1.82, 2.24) is 13.6 Å². The Morgan fingerprint density at radius 1 is 1.43 bits per heavy atom. The van der Waals surface area contributed by atoms with Crippen molar-refractivity contribution in [2.45, 2.75) is 25.3 Å². The average molecular weight is 336 g/mol. The molecule has 9 nitrogen and oxygen atoms in total. The minimum Gasteiger partial charge on any atom is -0.481 e. The number of nitrogens with zero attached hydrogens (tertiary/aromatic N) is 4. The maximum Gasteiger partial charge on any atom is 0.305 e. The van der Waals surface area contributed by atoms with Gasteiger partial charge in [-0.2, -0.15) is 8.75 Å². The molecule has 3 rings (SSSR count). The number of aliphatic carboxylic acids is 1. The van der Waals surface area contributed by atoms with Crippen molar-refractivity contribution in [3.63, 3.8) is 0 Å². The highest BCUT2D eigenvalue weighted by atomic mass is 32.1. The van der Waals surface area contributed by atoms with Gasteiger partial charge in [0, 0.05) is 24.2 Å². The summed E-state index contributed by atoms with van der Waals surface area (Å²) < 4.78 is 7.84. The molecule has 120 valence electrons. The monoisotopic (exact) mass is 336 g/mol. The number of aromatic nitrogens is 2. The summed E-state index contributed by atoms with van der Waals surface area (Å²) >= 11 is 0.839. The zero-order valence-corrected chi connectivity index (χ0v) is 12.7. The number of hydrogen-bond donors (Lipinski definition) is 1. The fraction of sp³-hybridized carbons (Fsp3) is 0.385. The molecule has 0 saturated carbocycles. The predicted octanol–water partition coefficient (Wildman–Crippen LogP) is 1.68. The number of carbonyl (C=O) groups excluding carboxylic acids is 1. The Balaban J connectivity index is 1.97. The SMILES string of the molecule is O=C(O)CC1CCCN1C(=O)c1cc([N+](=O)[O-])c2nsnc2c1. The summed E-state index contributed by atoms with van der Waals surface area (Å²) in [6.07, 6.45) is 1.20. The van der Waals surface area contributed by atoms with Gasteiger partial charge in [0.05, 0.1) is 23.1 Å². The molecule has 1 saturated heterocycles. The molecule has 1 aromatic carbocycles. The molecule has 0 bridgehead atoms. The lowest BCUT2D eigenvalue weighted by Crippen LogP contribution is -2.36. The minimum atomic E-state index is -0.972. The quantitative estimate of drug-likeness (QED) is 0.664. The number of nitro groups is 1. The normalized spacial score (nSPS) is 17.6. The number of hydrogen-bond acceptors (Lipinski definition) is 7. The van der Waals surface area contributed by atoms with Crippen LogP contribution in [-0.4, -0.2) is 48.1 Å². The second-order valence-electron chi connectivity index (χ2n) is 5.28. The summed E-state index contributed by atoms with van der Waals surface area (Å²) in [6.45, 7) is 0.442. The molecule has 23 heavy (non-hydrogen) atoms. The van der Waals surface area contributed by atoms with E-state index < -0.39 is 16.8 Å².